The summed E-state index contributed by atoms with van der Waals surface area (Å²) in [4.78, 5) is 12.4. The third kappa shape index (κ3) is 4.64. The molecule has 0 bridgehead atoms. The molecule has 3 rings (SSSR count). The standard InChI is InChI=1S/C21H23ClN4O2/c1-21(2,3)18-12-19(26(25-18)16-10-8-15(22)9-11-16)24-20(28)23-13-14-6-4-5-7-17(14)27/h4-12,27H,13H2,1-3H3,(H2,23,24,28). The molecule has 7 heteroatoms. The van der Waals surface area contributed by atoms with Crippen molar-refractivity contribution in [1.82, 2.24) is 15.1 Å². The molecule has 1 aromatic heterocycles. The number of hydrogen-bond donors (Lipinski definition) is 3. The highest BCUT2D eigenvalue weighted by molar-refractivity contribution is 6.30. The summed E-state index contributed by atoms with van der Waals surface area (Å²) in [5.41, 5.74) is 2.09. The molecular formula is C21H23ClN4O2. The molecule has 3 aromatic rings. The van der Waals surface area contributed by atoms with E-state index in [4.69, 9.17) is 11.6 Å². The molecule has 3 N–H and O–H groups in total. The van der Waals surface area contributed by atoms with Crippen molar-refractivity contribution in [1.29, 1.82) is 0 Å². The summed E-state index contributed by atoms with van der Waals surface area (Å²) in [5, 5.41) is 20.7. The molecule has 0 radical (unpaired) electrons. The molecule has 0 aliphatic carbocycles. The van der Waals surface area contributed by atoms with Crippen LogP contribution in [0.25, 0.3) is 5.69 Å². The molecule has 0 aliphatic heterocycles. The topological polar surface area (TPSA) is 79.2 Å². The molecule has 146 valence electrons. The van der Waals surface area contributed by atoms with Crippen LogP contribution >= 0.6 is 11.6 Å². The highest BCUT2D eigenvalue weighted by Gasteiger charge is 2.21. The number of anilines is 1. The molecule has 2 aromatic carbocycles. The van der Waals surface area contributed by atoms with Crippen molar-refractivity contribution in [3.8, 4) is 11.4 Å². The van der Waals surface area contributed by atoms with E-state index < -0.39 is 0 Å². The number of nitrogens with one attached hydrogen (secondary N) is 2. The van der Waals surface area contributed by atoms with Crippen molar-refractivity contribution < 1.29 is 9.90 Å². The number of phenolic OH excluding ortho intramolecular Hbond substituents is 1. The van der Waals surface area contributed by atoms with E-state index in [0.717, 1.165) is 11.4 Å². The number of urea groups is 1. The molecule has 0 saturated heterocycles. The van der Waals surface area contributed by atoms with Gasteiger partial charge in [0.2, 0.25) is 0 Å². The Labute approximate surface area is 169 Å². The van der Waals surface area contributed by atoms with Gasteiger partial charge in [0.1, 0.15) is 11.6 Å². The van der Waals surface area contributed by atoms with Crippen LogP contribution in [0.4, 0.5) is 10.6 Å². The first-order valence-corrected chi connectivity index (χ1v) is 9.30. The first kappa shape index (κ1) is 19.8. The number of hydrogen-bond acceptors (Lipinski definition) is 3. The Morgan fingerprint density at radius 1 is 1.14 bits per heavy atom. The van der Waals surface area contributed by atoms with Gasteiger partial charge >= 0.3 is 6.03 Å². The molecular weight excluding hydrogens is 376 g/mol. The highest BCUT2D eigenvalue weighted by Crippen LogP contribution is 2.27. The van der Waals surface area contributed by atoms with E-state index in [-0.39, 0.29) is 23.7 Å². The summed E-state index contributed by atoms with van der Waals surface area (Å²) < 4.78 is 1.68. The quantitative estimate of drug-likeness (QED) is 0.587. The van der Waals surface area contributed by atoms with Crippen LogP contribution in [-0.2, 0) is 12.0 Å². The molecule has 1 heterocycles. The van der Waals surface area contributed by atoms with Gasteiger partial charge in [-0.1, -0.05) is 50.6 Å². The van der Waals surface area contributed by atoms with Crippen molar-refractivity contribution in [2.24, 2.45) is 0 Å². The summed E-state index contributed by atoms with van der Waals surface area (Å²) in [5.74, 6) is 0.686. The lowest BCUT2D eigenvalue weighted by Crippen LogP contribution is -2.29. The monoisotopic (exact) mass is 398 g/mol. The number of halogens is 1. The van der Waals surface area contributed by atoms with Crippen molar-refractivity contribution >= 4 is 23.4 Å². The lowest BCUT2D eigenvalue weighted by atomic mass is 9.92. The zero-order chi connectivity index (χ0) is 20.3. The van der Waals surface area contributed by atoms with Crippen LogP contribution in [0.2, 0.25) is 5.02 Å². The Kier molecular flexibility index (Phi) is 5.61. The fourth-order valence-electron chi connectivity index (χ4n) is 2.61. The van der Waals surface area contributed by atoms with E-state index in [1.165, 1.54) is 0 Å². The minimum Gasteiger partial charge on any atom is -0.508 e. The molecule has 0 atom stereocenters. The number of carbonyl (C=O) groups excluding carboxylic acids is 1. The maximum absolute atomic E-state index is 12.4. The molecule has 28 heavy (non-hydrogen) atoms. The smallest absolute Gasteiger partial charge is 0.320 e. The van der Waals surface area contributed by atoms with Crippen LogP contribution in [0, 0.1) is 0 Å². The van der Waals surface area contributed by atoms with Gasteiger partial charge < -0.3 is 10.4 Å². The van der Waals surface area contributed by atoms with Crippen LogP contribution in [-0.4, -0.2) is 20.9 Å². The number of rotatable bonds is 4. The Morgan fingerprint density at radius 3 is 2.46 bits per heavy atom. The predicted octanol–water partition coefficient (Wildman–Crippen LogP) is 4.85. The van der Waals surface area contributed by atoms with E-state index in [1.54, 1.807) is 41.1 Å². The number of para-hydroxylation sites is 1. The van der Waals surface area contributed by atoms with E-state index in [1.807, 2.05) is 18.2 Å². The van der Waals surface area contributed by atoms with Gasteiger partial charge in [-0.15, -0.1) is 0 Å². The van der Waals surface area contributed by atoms with Gasteiger partial charge in [0.15, 0.2) is 0 Å². The van der Waals surface area contributed by atoms with Crippen LogP contribution in [0.5, 0.6) is 5.75 Å². The number of amides is 2. The first-order valence-electron chi connectivity index (χ1n) is 8.92. The minimum absolute atomic E-state index is 0.143. The van der Waals surface area contributed by atoms with Gasteiger partial charge in [-0.3, -0.25) is 5.32 Å². The fourth-order valence-corrected chi connectivity index (χ4v) is 2.74. The van der Waals surface area contributed by atoms with Crippen molar-refractivity contribution in [3.05, 3.63) is 70.9 Å². The van der Waals surface area contributed by atoms with E-state index in [9.17, 15) is 9.90 Å². The highest BCUT2D eigenvalue weighted by atomic mass is 35.5. The Hall–Kier alpha value is -2.99. The predicted molar refractivity (Wildman–Crippen MR) is 111 cm³/mol. The van der Waals surface area contributed by atoms with E-state index in [2.05, 4.69) is 36.5 Å². The second-order valence-corrected chi connectivity index (χ2v) is 7.93. The molecule has 0 saturated carbocycles. The molecule has 6 nitrogen and oxygen atoms in total. The van der Waals surface area contributed by atoms with Gasteiger partial charge in [0.25, 0.3) is 0 Å². The van der Waals surface area contributed by atoms with E-state index in [0.29, 0.717) is 16.4 Å². The van der Waals surface area contributed by atoms with Crippen molar-refractivity contribution in [2.45, 2.75) is 32.7 Å². The number of nitrogens with zero attached hydrogens (tertiary/aromatic N) is 2. The molecule has 0 unspecified atom stereocenters. The molecule has 2 amide bonds. The van der Waals surface area contributed by atoms with Gasteiger partial charge in [-0.2, -0.15) is 5.10 Å². The van der Waals surface area contributed by atoms with Crippen molar-refractivity contribution in [3.63, 3.8) is 0 Å². The zero-order valence-electron chi connectivity index (χ0n) is 16.0. The second kappa shape index (κ2) is 7.94. The number of aromatic nitrogens is 2. The van der Waals surface area contributed by atoms with Crippen LogP contribution in [0.3, 0.4) is 0 Å². The maximum Gasteiger partial charge on any atom is 0.320 e. The third-order valence-corrected chi connectivity index (χ3v) is 4.47. The summed E-state index contributed by atoms with van der Waals surface area (Å²) in [6.07, 6.45) is 0. The number of benzene rings is 2. The number of carbonyl (C=O) groups is 1. The van der Waals surface area contributed by atoms with Gasteiger partial charge in [0.05, 0.1) is 11.4 Å². The lowest BCUT2D eigenvalue weighted by Gasteiger charge is -2.14. The SMILES string of the molecule is CC(C)(C)c1cc(NC(=O)NCc2ccccc2O)n(-c2ccc(Cl)cc2)n1. The Bertz CT molecular complexity index is 975. The third-order valence-electron chi connectivity index (χ3n) is 4.22. The maximum atomic E-state index is 12.4. The summed E-state index contributed by atoms with van der Waals surface area (Å²) in [7, 11) is 0. The Morgan fingerprint density at radius 2 is 1.82 bits per heavy atom. The van der Waals surface area contributed by atoms with Crippen LogP contribution < -0.4 is 10.6 Å². The summed E-state index contributed by atoms with van der Waals surface area (Å²) in [6.45, 7) is 6.39. The zero-order valence-corrected chi connectivity index (χ0v) is 16.8. The lowest BCUT2D eigenvalue weighted by molar-refractivity contribution is 0.251. The van der Waals surface area contributed by atoms with Gasteiger partial charge in [0, 0.05) is 28.6 Å². The number of aromatic hydroxyl groups is 1. The molecule has 0 spiro atoms. The van der Waals surface area contributed by atoms with E-state index >= 15 is 0 Å². The first-order chi connectivity index (χ1) is 13.2. The minimum atomic E-state index is -0.390. The average Bonchev–Trinajstić information content (AvgIpc) is 3.06. The number of phenols is 1. The van der Waals surface area contributed by atoms with Gasteiger partial charge in [-0.25, -0.2) is 9.48 Å². The van der Waals surface area contributed by atoms with Crippen LogP contribution in [0.15, 0.2) is 54.6 Å². The normalized spacial score (nSPS) is 11.3. The Balaban J connectivity index is 1.81. The summed E-state index contributed by atoms with van der Waals surface area (Å²) in [6, 6.07) is 15.6. The average molecular weight is 399 g/mol. The van der Waals surface area contributed by atoms with Crippen molar-refractivity contribution in [2.75, 3.05) is 5.32 Å². The summed E-state index contributed by atoms with van der Waals surface area (Å²) >= 11 is 5.98. The largest absolute Gasteiger partial charge is 0.508 e. The van der Waals surface area contributed by atoms with Gasteiger partial charge in [-0.05, 0) is 30.3 Å². The fraction of sp³-hybridized carbons (Fsp3) is 0.238. The molecule has 0 fully saturated rings. The second-order valence-electron chi connectivity index (χ2n) is 7.49. The molecule has 0 aliphatic rings. The van der Waals surface area contributed by atoms with Crippen LogP contribution in [0.1, 0.15) is 32.0 Å².